The van der Waals surface area contributed by atoms with Gasteiger partial charge < -0.3 is 14.7 Å². The van der Waals surface area contributed by atoms with Crippen molar-refractivity contribution >= 4 is 11.9 Å². The Bertz CT molecular complexity index is 353. The Morgan fingerprint density at radius 3 is 2.42 bits per heavy atom. The zero-order chi connectivity index (χ0) is 17.6. The first-order valence-electron chi connectivity index (χ1n) is 9.75. The van der Waals surface area contributed by atoms with Crippen molar-refractivity contribution in [1.82, 2.24) is 4.90 Å². The Morgan fingerprint density at radius 1 is 1.00 bits per heavy atom. The van der Waals surface area contributed by atoms with E-state index in [4.69, 9.17) is 9.84 Å². The minimum atomic E-state index is -0.824. The predicted octanol–water partition coefficient (Wildman–Crippen LogP) is 4.00. The van der Waals surface area contributed by atoms with E-state index in [1.165, 1.54) is 32.4 Å². The Kier molecular flexibility index (Phi) is 11.5. The first kappa shape index (κ1) is 20.9. The number of ether oxygens (including phenoxy) is 1. The molecule has 0 aromatic carbocycles. The van der Waals surface area contributed by atoms with Crippen molar-refractivity contribution in [2.75, 3.05) is 19.6 Å². The molecule has 24 heavy (non-hydrogen) atoms. The Labute approximate surface area is 146 Å². The SMILES string of the molecule is CCCCCCC(CCC(=O)O)OC(=O)CCCCN1CCCC1. The number of carbonyl (C=O) groups is 2. The first-order valence-corrected chi connectivity index (χ1v) is 9.75. The number of likely N-dealkylation sites (tertiary alicyclic amines) is 1. The number of unbranched alkanes of at least 4 members (excludes halogenated alkanes) is 4. The van der Waals surface area contributed by atoms with Crippen LogP contribution in [0.5, 0.6) is 0 Å². The van der Waals surface area contributed by atoms with Gasteiger partial charge in [0.05, 0.1) is 0 Å². The van der Waals surface area contributed by atoms with Gasteiger partial charge in [0.2, 0.25) is 0 Å². The van der Waals surface area contributed by atoms with Gasteiger partial charge in [-0.1, -0.05) is 26.2 Å². The standard InChI is InChI=1S/C19H35NO4/c1-2-3-4-5-10-17(12-13-18(21)22)24-19(23)11-6-7-14-20-15-8-9-16-20/h17H,2-16H2,1H3,(H,21,22). The van der Waals surface area contributed by atoms with E-state index < -0.39 is 5.97 Å². The molecule has 5 nitrogen and oxygen atoms in total. The second kappa shape index (κ2) is 13.2. The smallest absolute Gasteiger partial charge is 0.306 e. The largest absolute Gasteiger partial charge is 0.481 e. The van der Waals surface area contributed by atoms with Gasteiger partial charge in [-0.15, -0.1) is 0 Å². The molecule has 1 unspecified atom stereocenters. The number of rotatable bonds is 14. The molecule has 0 amide bonds. The molecule has 1 rings (SSSR count). The van der Waals surface area contributed by atoms with Gasteiger partial charge in [-0.2, -0.15) is 0 Å². The number of hydrogen-bond donors (Lipinski definition) is 1. The van der Waals surface area contributed by atoms with Crippen LogP contribution in [0.1, 0.15) is 84.0 Å². The average Bonchev–Trinajstić information content (AvgIpc) is 3.06. The van der Waals surface area contributed by atoms with E-state index in [0.717, 1.165) is 45.1 Å². The third-order valence-corrected chi connectivity index (χ3v) is 4.66. The van der Waals surface area contributed by atoms with Crippen LogP contribution in [0, 0.1) is 0 Å². The van der Waals surface area contributed by atoms with Crippen molar-refractivity contribution in [3.63, 3.8) is 0 Å². The molecule has 5 heteroatoms. The fourth-order valence-corrected chi connectivity index (χ4v) is 3.20. The van der Waals surface area contributed by atoms with E-state index in [0.29, 0.717) is 12.8 Å². The van der Waals surface area contributed by atoms with Crippen LogP contribution in [0.4, 0.5) is 0 Å². The van der Waals surface area contributed by atoms with Gasteiger partial charge in [-0.05, 0) is 64.6 Å². The molecule has 140 valence electrons. The highest BCUT2D eigenvalue weighted by molar-refractivity contribution is 5.69. The summed E-state index contributed by atoms with van der Waals surface area (Å²) in [5, 5.41) is 8.84. The van der Waals surface area contributed by atoms with E-state index in [-0.39, 0.29) is 18.5 Å². The van der Waals surface area contributed by atoms with Crippen LogP contribution in [-0.2, 0) is 14.3 Å². The molecule has 1 N–H and O–H groups in total. The molecule has 0 aromatic heterocycles. The molecular weight excluding hydrogens is 306 g/mol. The summed E-state index contributed by atoms with van der Waals surface area (Å²) in [6.45, 7) is 5.62. The lowest BCUT2D eigenvalue weighted by molar-refractivity contribution is -0.151. The summed E-state index contributed by atoms with van der Waals surface area (Å²) in [5.74, 6) is -0.988. The molecule has 1 aliphatic rings. The summed E-state index contributed by atoms with van der Waals surface area (Å²) >= 11 is 0. The van der Waals surface area contributed by atoms with Crippen LogP contribution in [0.15, 0.2) is 0 Å². The lowest BCUT2D eigenvalue weighted by Gasteiger charge is -2.18. The molecule has 0 aliphatic carbocycles. The minimum Gasteiger partial charge on any atom is -0.481 e. The number of esters is 1. The molecule has 0 aromatic rings. The van der Waals surface area contributed by atoms with E-state index >= 15 is 0 Å². The summed E-state index contributed by atoms with van der Waals surface area (Å²) < 4.78 is 5.54. The Morgan fingerprint density at radius 2 is 1.75 bits per heavy atom. The molecule has 0 saturated carbocycles. The average molecular weight is 341 g/mol. The molecule has 0 bridgehead atoms. The highest BCUT2D eigenvalue weighted by Gasteiger charge is 2.16. The van der Waals surface area contributed by atoms with Gasteiger partial charge in [0.15, 0.2) is 0 Å². The molecule has 1 heterocycles. The molecule has 0 spiro atoms. The van der Waals surface area contributed by atoms with Crippen molar-refractivity contribution in [2.24, 2.45) is 0 Å². The maximum Gasteiger partial charge on any atom is 0.306 e. The molecule has 1 fully saturated rings. The highest BCUT2D eigenvalue weighted by Crippen LogP contribution is 2.15. The van der Waals surface area contributed by atoms with Crippen LogP contribution in [0.25, 0.3) is 0 Å². The molecule has 1 atom stereocenters. The molecule has 1 saturated heterocycles. The quantitative estimate of drug-likeness (QED) is 0.382. The number of aliphatic carboxylic acids is 1. The molecule has 1 aliphatic heterocycles. The number of hydrogen-bond acceptors (Lipinski definition) is 4. The number of carboxylic acids is 1. The Balaban J connectivity index is 2.18. The summed E-state index contributed by atoms with van der Waals surface area (Å²) in [5.41, 5.74) is 0. The number of nitrogens with zero attached hydrogens (tertiary/aromatic N) is 1. The van der Waals surface area contributed by atoms with Crippen molar-refractivity contribution < 1.29 is 19.4 Å². The minimum absolute atomic E-state index is 0.0701. The van der Waals surface area contributed by atoms with Gasteiger partial charge in [0, 0.05) is 12.8 Å². The normalized spacial score (nSPS) is 16.2. The van der Waals surface area contributed by atoms with Crippen LogP contribution in [0.2, 0.25) is 0 Å². The molecule has 0 radical (unpaired) electrons. The predicted molar refractivity (Wildman–Crippen MR) is 95.0 cm³/mol. The van der Waals surface area contributed by atoms with Crippen molar-refractivity contribution in [3.8, 4) is 0 Å². The zero-order valence-corrected chi connectivity index (χ0v) is 15.3. The highest BCUT2D eigenvalue weighted by atomic mass is 16.5. The van der Waals surface area contributed by atoms with Gasteiger partial charge in [-0.3, -0.25) is 9.59 Å². The van der Waals surface area contributed by atoms with Crippen LogP contribution in [-0.4, -0.2) is 47.7 Å². The monoisotopic (exact) mass is 341 g/mol. The van der Waals surface area contributed by atoms with Crippen molar-refractivity contribution in [2.45, 2.75) is 90.1 Å². The van der Waals surface area contributed by atoms with E-state index in [9.17, 15) is 9.59 Å². The second-order valence-corrected chi connectivity index (χ2v) is 6.90. The van der Waals surface area contributed by atoms with E-state index in [1.54, 1.807) is 0 Å². The van der Waals surface area contributed by atoms with Gasteiger partial charge in [0.1, 0.15) is 6.10 Å². The fourth-order valence-electron chi connectivity index (χ4n) is 3.20. The number of carboxylic acid groups (broad SMARTS) is 1. The second-order valence-electron chi connectivity index (χ2n) is 6.90. The Hall–Kier alpha value is -1.10. The topological polar surface area (TPSA) is 66.8 Å². The maximum atomic E-state index is 12.0. The first-order chi connectivity index (χ1) is 11.6. The number of carbonyl (C=O) groups excluding carboxylic acids is 1. The maximum absolute atomic E-state index is 12.0. The third kappa shape index (κ3) is 10.6. The molecular formula is C19H35NO4. The summed E-state index contributed by atoms with van der Waals surface area (Å²) in [7, 11) is 0. The van der Waals surface area contributed by atoms with Crippen molar-refractivity contribution in [3.05, 3.63) is 0 Å². The fraction of sp³-hybridized carbons (Fsp3) is 0.895. The van der Waals surface area contributed by atoms with Crippen molar-refractivity contribution in [1.29, 1.82) is 0 Å². The summed E-state index contributed by atoms with van der Waals surface area (Å²) in [6.07, 6.45) is 10.4. The van der Waals surface area contributed by atoms with Gasteiger partial charge in [0.25, 0.3) is 0 Å². The van der Waals surface area contributed by atoms with E-state index in [1.807, 2.05) is 0 Å². The van der Waals surface area contributed by atoms with Crippen LogP contribution in [0.3, 0.4) is 0 Å². The summed E-state index contributed by atoms with van der Waals surface area (Å²) in [4.78, 5) is 25.2. The summed E-state index contributed by atoms with van der Waals surface area (Å²) in [6, 6.07) is 0. The lowest BCUT2D eigenvalue weighted by Crippen LogP contribution is -2.21. The third-order valence-electron chi connectivity index (χ3n) is 4.66. The van der Waals surface area contributed by atoms with Gasteiger partial charge >= 0.3 is 11.9 Å². The lowest BCUT2D eigenvalue weighted by atomic mass is 10.1. The van der Waals surface area contributed by atoms with Crippen LogP contribution >= 0.6 is 0 Å². The van der Waals surface area contributed by atoms with Crippen LogP contribution < -0.4 is 0 Å². The van der Waals surface area contributed by atoms with E-state index in [2.05, 4.69) is 11.8 Å². The zero-order valence-electron chi connectivity index (χ0n) is 15.3. The van der Waals surface area contributed by atoms with Gasteiger partial charge in [-0.25, -0.2) is 0 Å².